The second-order valence-corrected chi connectivity index (χ2v) is 5.94. The molecule has 4 heteroatoms. The first-order valence-electron chi connectivity index (χ1n) is 6.28. The van der Waals surface area contributed by atoms with E-state index < -0.39 is 0 Å². The van der Waals surface area contributed by atoms with Gasteiger partial charge in [0.05, 0.1) is 0 Å². The third-order valence-corrected chi connectivity index (χ3v) is 3.92. The summed E-state index contributed by atoms with van der Waals surface area (Å²) >= 11 is 2.26. The van der Waals surface area contributed by atoms with Crippen LogP contribution in [0.25, 0.3) is 10.9 Å². The number of carbonyl (C=O) groups excluding carboxylic acids is 1. The van der Waals surface area contributed by atoms with Crippen molar-refractivity contribution in [3.63, 3.8) is 0 Å². The molecule has 2 aromatic carbocycles. The molecule has 0 spiro atoms. The molecule has 100 valence electrons. The quantitative estimate of drug-likeness (QED) is 0.643. The van der Waals surface area contributed by atoms with Gasteiger partial charge in [0.15, 0.2) is 0 Å². The van der Waals surface area contributed by atoms with Gasteiger partial charge in [0.2, 0.25) is 0 Å². The monoisotopic (exact) mass is 376 g/mol. The lowest BCUT2D eigenvalue weighted by Crippen LogP contribution is -2.12. The molecule has 3 nitrogen and oxygen atoms in total. The van der Waals surface area contributed by atoms with Crippen molar-refractivity contribution in [2.45, 2.75) is 6.92 Å². The van der Waals surface area contributed by atoms with Crippen LogP contribution < -0.4 is 5.32 Å². The number of fused-ring (bicyclic) bond motifs is 1. The lowest BCUT2D eigenvalue weighted by molar-refractivity contribution is 0.102. The van der Waals surface area contributed by atoms with Crippen LogP contribution in [0.2, 0.25) is 0 Å². The van der Waals surface area contributed by atoms with Crippen molar-refractivity contribution < 1.29 is 4.79 Å². The molecule has 0 aliphatic heterocycles. The summed E-state index contributed by atoms with van der Waals surface area (Å²) in [6.07, 6.45) is 1.87. The summed E-state index contributed by atoms with van der Waals surface area (Å²) in [7, 11) is 0. The summed E-state index contributed by atoms with van der Waals surface area (Å²) < 4.78 is 1.16. The molecule has 0 aliphatic rings. The molecule has 0 radical (unpaired) electrons. The van der Waals surface area contributed by atoms with Crippen molar-refractivity contribution in [3.8, 4) is 0 Å². The zero-order valence-corrected chi connectivity index (χ0v) is 13.1. The standard InChI is InChI=1S/C16H13IN2O/c1-10-8-13(17)4-5-14(10)19-16(20)12-3-2-11-6-7-18-15(11)9-12/h2-9,18H,1H3,(H,19,20). The Morgan fingerprint density at radius 2 is 2.00 bits per heavy atom. The number of anilines is 1. The molecule has 1 heterocycles. The number of hydrogen-bond acceptors (Lipinski definition) is 1. The van der Waals surface area contributed by atoms with E-state index in [1.807, 2.05) is 55.6 Å². The average molecular weight is 376 g/mol. The average Bonchev–Trinajstić information content (AvgIpc) is 2.89. The second-order valence-electron chi connectivity index (χ2n) is 4.69. The third-order valence-electron chi connectivity index (χ3n) is 3.25. The molecule has 0 aliphatic carbocycles. The van der Waals surface area contributed by atoms with E-state index in [-0.39, 0.29) is 5.91 Å². The van der Waals surface area contributed by atoms with Crippen LogP contribution in [0.5, 0.6) is 0 Å². The van der Waals surface area contributed by atoms with Gasteiger partial charge in [0.1, 0.15) is 0 Å². The molecular formula is C16H13IN2O. The highest BCUT2D eigenvalue weighted by atomic mass is 127. The van der Waals surface area contributed by atoms with Crippen LogP contribution in [-0.4, -0.2) is 10.9 Å². The summed E-state index contributed by atoms with van der Waals surface area (Å²) in [6.45, 7) is 1.99. The Morgan fingerprint density at radius 1 is 1.15 bits per heavy atom. The van der Waals surface area contributed by atoms with Crippen molar-refractivity contribution in [1.29, 1.82) is 0 Å². The van der Waals surface area contributed by atoms with Gasteiger partial charge in [-0.05, 0) is 76.9 Å². The van der Waals surface area contributed by atoms with E-state index >= 15 is 0 Å². The largest absolute Gasteiger partial charge is 0.361 e. The summed E-state index contributed by atoms with van der Waals surface area (Å²) in [6, 6.07) is 13.6. The highest BCUT2D eigenvalue weighted by Gasteiger charge is 2.09. The molecule has 2 N–H and O–H groups in total. The van der Waals surface area contributed by atoms with Gasteiger partial charge in [-0.15, -0.1) is 0 Å². The van der Waals surface area contributed by atoms with Crippen molar-refractivity contribution in [3.05, 3.63) is 63.4 Å². The Morgan fingerprint density at radius 3 is 2.80 bits per heavy atom. The molecule has 3 rings (SSSR count). The van der Waals surface area contributed by atoms with Crippen molar-refractivity contribution in [1.82, 2.24) is 4.98 Å². The number of amides is 1. The van der Waals surface area contributed by atoms with Crippen molar-refractivity contribution in [2.24, 2.45) is 0 Å². The summed E-state index contributed by atoms with van der Waals surface area (Å²) in [4.78, 5) is 15.4. The Hall–Kier alpha value is -1.82. The van der Waals surface area contributed by atoms with Gasteiger partial charge in [0.25, 0.3) is 5.91 Å². The molecule has 0 unspecified atom stereocenters. The summed E-state index contributed by atoms with van der Waals surface area (Å²) in [5.74, 6) is -0.0918. The lowest BCUT2D eigenvalue weighted by Gasteiger charge is -2.09. The van der Waals surface area contributed by atoms with Gasteiger partial charge in [-0.2, -0.15) is 0 Å². The number of carbonyl (C=O) groups is 1. The van der Waals surface area contributed by atoms with Gasteiger partial charge in [0, 0.05) is 26.5 Å². The maximum absolute atomic E-state index is 12.3. The molecule has 0 bridgehead atoms. The van der Waals surface area contributed by atoms with Crippen LogP contribution in [0, 0.1) is 10.5 Å². The Bertz CT molecular complexity index is 792. The molecule has 1 amide bonds. The lowest BCUT2D eigenvalue weighted by atomic mass is 10.1. The van der Waals surface area contributed by atoms with Gasteiger partial charge in [-0.25, -0.2) is 0 Å². The molecule has 20 heavy (non-hydrogen) atoms. The number of aromatic amines is 1. The summed E-state index contributed by atoms with van der Waals surface area (Å²) in [5, 5.41) is 4.06. The molecule has 1 aromatic heterocycles. The molecular weight excluding hydrogens is 363 g/mol. The fourth-order valence-corrected chi connectivity index (χ4v) is 2.80. The van der Waals surface area contributed by atoms with Crippen LogP contribution in [0.3, 0.4) is 0 Å². The first kappa shape index (κ1) is 13.2. The van der Waals surface area contributed by atoms with Crippen LogP contribution in [0.15, 0.2) is 48.7 Å². The Labute approximate surface area is 130 Å². The van der Waals surface area contributed by atoms with Gasteiger partial charge in [-0.3, -0.25) is 4.79 Å². The van der Waals surface area contributed by atoms with E-state index in [1.165, 1.54) is 0 Å². The van der Waals surface area contributed by atoms with E-state index in [0.717, 1.165) is 25.7 Å². The third kappa shape index (κ3) is 2.56. The molecule has 3 aromatic rings. The smallest absolute Gasteiger partial charge is 0.255 e. The van der Waals surface area contributed by atoms with E-state index in [9.17, 15) is 4.79 Å². The maximum atomic E-state index is 12.3. The second kappa shape index (κ2) is 5.28. The molecule has 0 saturated carbocycles. The molecule has 0 saturated heterocycles. The number of H-pyrrole nitrogens is 1. The maximum Gasteiger partial charge on any atom is 0.255 e. The first-order valence-corrected chi connectivity index (χ1v) is 7.36. The number of halogens is 1. The molecule has 0 atom stereocenters. The normalized spacial score (nSPS) is 10.7. The van der Waals surface area contributed by atoms with E-state index in [4.69, 9.17) is 0 Å². The molecule has 0 fully saturated rings. The van der Waals surface area contributed by atoms with Crippen LogP contribution >= 0.6 is 22.6 Å². The van der Waals surface area contributed by atoms with Crippen molar-refractivity contribution >= 4 is 45.1 Å². The highest BCUT2D eigenvalue weighted by Crippen LogP contribution is 2.20. The predicted octanol–water partition coefficient (Wildman–Crippen LogP) is 4.33. The first-order chi connectivity index (χ1) is 9.63. The minimum atomic E-state index is -0.0918. The van der Waals surface area contributed by atoms with Gasteiger partial charge < -0.3 is 10.3 Å². The van der Waals surface area contributed by atoms with Crippen LogP contribution in [0.1, 0.15) is 15.9 Å². The summed E-state index contributed by atoms with van der Waals surface area (Å²) in [5.41, 5.74) is 3.53. The zero-order chi connectivity index (χ0) is 14.1. The Balaban J connectivity index is 1.88. The number of benzene rings is 2. The van der Waals surface area contributed by atoms with Crippen molar-refractivity contribution in [2.75, 3.05) is 5.32 Å². The minimum Gasteiger partial charge on any atom is -0.361 e. The highest BCUT2D eigenvalue weighted by molar-refractivity contribution is 14.1. The Kier molecular flexibility index (Phi) is 3.48. The fourth-order valence-electron chi connectivity index (χ4n) is 2.15. The van der Waals surface area contributed by atoms with E-state index in [0.29, 0.717) is 5.56 Å². The number of aromatic nitrogens is 1. The number of rotatable bonds is 2. The zero-order valence-electron chi connectivity index (χ0n) is 10.9. The minimum absolute atomic E-state index is 0.0918. The van der Waals surface area contributed by atoms with Gasteiger partial charge >= 0.3 is 0 Å². The number of hydrogen-bond donors (Lipinski definition) is 2. The number of nitrogens with one attached hydrogen (secondary N) is 2. The van der Waals surface area contributed by atoms with E-state index in [2.05, 4.69) is 32.9 Å². The van der Waals surface area contributed by atoms with E-state index in [1.54, 1.807) is 0 Å². The predicted molar refractivity (Wildman–Crippen MR) is 90.1 cm³/mol. The SMILES string of the molecule is Cc1cc(I)ccc1NC(=O)c1ccc2cc[nH]c2c1. The topological polar surface area (TPSA) is 44.9 Å². The van der Waals surface area contributed by atoms with Gasteiger partial charge in [-0.1, -0.05) is 6.07 Å². The fraction of sp³-hybridized carbons (Fsp3) is 0.0625. The van der Waals surface area contributed by atoms with Crippen LogP contribution in [0.4, 0.5) is 5.69 Å². The number of aryl methyl sites for hydroxylation is 1. The van der Waals surface area contributed by atoms with Crippen LogP contribution in [-0.2, 0) is 0 Å².